The minimum absolute atomic E-state index is 0.0789. The second-order valence-corrected chi connectivity index (χ2v) is 8.74. The number of anilines is 4. The Morgan fingerprint density at radius 3 is 2.18 bits per heavy atom. The van der Waals surface area contributed by atoms with Gasteiger partial charge in [0.1, 0.15) is 11.4 Å². The summed E-state index contributed by atoms with van der Waals surface area (Å²) in [6.45, 7) is 4.32. The Morgan fingerprint density at radius 1 is 0.912 bits per heavy atom. The van der Waals surface area contributed by atoms with Crippen molar-refractivity contribution in [2.24, 2.45) is 0 Å². The summed E-state index contributed by atoms with van der Waals surface area (Å²) in [5.41, 5.74) is 0.513. The SMILES string of the molecule is F[C@H]1CN(c2nc(Nc3ccc(N4CC(N5CCOCC5)C4)cc3)ncc2C(F)(F)F)C[C@@H]1F. The second-order valence-electron chi connectivity index (χ2n) is 8.74. The first-order chi connectivity index (χ1) is 16.3. The van der Waals surface area contributed by atoms with Gasteiger partial charge in [-0.1, -0.05) is 0 Å². The molecular weight excluding hydrogens is 459 g/mol. The monoisotopic (exact) mass is 484 g/mol. The van der Waals surface area contributed by atoms with Gasteiger partial charge in [-0.2, -0.15) is 18.2 Å². The predicted molar refractivity (Wildman–Crippen MR) is 117 cm³/mol. The van der Waals surface area contributed by atoms with Gasteiger partial charge in [-0.15, -0.1) is 0 Å². The van der Waals surface area contributed by atoms with E-state index in [0.717, 1.165) is 50.0 Å². The van der Waals surface area contributed by atoms with Gasteiger partial charge in [-0.3, -0.25) is 4.90 Å². The summed E-state index contributed by atoms with van der Waals surface area (Å²) in [6.07, 6.45) is -7.82. The van der Waals surface area contributed by atoms with E-state index in [1.165, 1.54) is 0 Å². The van der Waals surface area contributed by atoms with Crippen molar-refractivity contribution in [1.29, 1.82) is 0 Å². The van der Waals surface area contributed by atoms with Crippen LogP contribution in [0.2, 0.25) is 0 Å². The lowest BCUT2D eigenvalue weighted by molar-refractivity contribution is -0.137. The molecule has 12 heteroatoms. The van der Waals surface area contributed by atoms with E-state index < -0.39 is 43.0 Å². The first-order valence-electron chi connectivity index (χ1n) is 11.2. The molecule has 0 spiro atoms. The highest BCUT2D eigenvalue weighted by Gasteiger charge is 2.41. The van der Waals surface area contributed by atoms with Crippen LogP contribution in [0.25, 0.3) is 0 Å². The van der Waals surface area contributed by atoms with Crippen molar-refractivity contribution >= 4 is 23.1 Å². The van der Waals surface area contributed by atoms with Crippen LogP contribution in [0.4, 0.5) is 45.1 Å². The highest BCUT2D eigenvalue weighted by molar-refractivity contribution is 5.62. The molecule has 2 atom stereocenters. The molecule has 3 saturated heterocycles. The Balaban J connectivity index is 1.26. The summed E-state index contributed by atoms with van der Waals surface area (Å²) in [5.74, 6) is -0.607. The van der Waals surface area contributed by atoms with Gasteiger partial charge in [0.25, 0.3) is 0 Å². The van der Waals surface area contributed by atoms with Gasteiger partial charge in [-0.25, -0.2) is 13.8 Å². The van der Waals surface area contributed by atoms with Crippen LogP contribution in [0, 0.1) is 0 Å². The maximum absolute atomic E-state index is 13.6. The van der Waals surface area contributed by atoms with E-state index in [9.17, 15) is 22.0 Å². The fourth-order valence-corrected chi connectivity index (χ4v) is 4.50. The summed E-state index contributed by atoms with van der Waals surface area (Å²) >= 11 is 0. The topological polar surface area (TPSA) is 56.8 Å². The Hall–Kier alpha value is -2.73. The molecule has 1 aromatic carbocycles. The van der Waals surface area contributed by atoms with Crippen LogP contribution in [-0.4, -0.2) is 85.7 Å². The Bertz CT molecular complexity index is 984. The molecule has 7 nitrogen and oxygen atoms in total. The summed E-state index contributed by atoms with van der Waals surface area (Å²) in [4.78, 5) is 13.4. The number of nitrogens with zero attached hydrogens (tertiary/aromatic N) is 5. The summed E-state index contributed by atoms with van der Waals surface area (Å²) < 4.78 is 72.9. The molecule has 0 radical (unpaired) electrons. The fourth-order valence-electron chi connectivity index (χ4n) is 4.50. The Labute approximate surface area is 193 Å². The lowest BCUT2D eigenvalue weighted by Gasteiger charge is -2.47. The lowest BCUT2D eigenvalue weighted by atomic mass is 10.1. The van der Waals surface area contributed by atoms with Gasteiger partial charge < -0.3 is 19.9 Å². The zero-order valence-electron chi connectivity index (χ0n) is 18.3. The number of alkyl halides is 5. The smallest absolute Gasteiger partial charge is 0.379 e. The summed E-state index contributed by atoms with van der Waals surface area (Å²) in [5, 5.41) is 2.89. The third kappa shape index (κ3) is 4.74. The molecule has 184 valence electrons. The van der Waals surface area contributed by atoms with E-state index >= 15 is 0 Å². The maximum Gasteiger partial charge on any atom is 0.421 e. The lowest BCUT2D eigenvalue weighted by Crippen LogP contribution is -2.61. The number of hydrogen-bond donors (Lipinski definition) is 1. The van der Waals surface area contributed by atoms with Gasteiger partial charge in [0.15, 0.2) is 12.3 Å². The van der Waals surface area contributed by atoms with E-state index in [2.05, 4.69) is 25.1 Å². The molecular formula is C22H25F5N6O. The highest BCUT2D eigenvalue weighted by atomic mass is 19.4. The number of benzene rings is 1. The quantitative estimate of drug-likeness (QED) is 0.654. The van der Waals surface area contributed by atoms with Crippen molar-refractivity contribution in [3.63, 3.8) is 0 Å². The van der Waals surface area contributed by atoms with E-state index in [4.69, 9.17) is 4.74 Å². The van der Waals surface area contributed by atoms with Crippen molar-refractivity contribution in [2.45, 2.75) is 24.6 Å². The van der Waals surface area contributed by atoms with Crippen LogP contribution in [0.3, 0.4) is 0 Å². The van der Waals surface area contributed by atoms with Crippen molar-refractivity contribution in [3.05, 3.63) is 36.0 Å². The average Bonchev–Trinajstić information content (AvgIpc) is 3.12. The number of aromatic nitrogens is 2. The van der Waals surface area contributed by atoms with Crippen LogP contribution >= 0.6 is 0 Å². The molecule has 0 unspecified atom stereocenters. The van der Waals surface area contributed by atoms with Gasteiger partial charge >= 0.3 is 6.18 Å². The summed E-state index contributed by atoms with van der Waals surface area (Å²) in [7, 11) is 0. The van der Waals surface area contributed by atoms with Crippen molar-refractivity contribution < 1.29 is 26.7 Å². The molecule has 3 fully saturated rings. The normalized spacial score (nSPS) is 24.4. The summed E-state index contributed by atoms with van der Waals surface area (Å²) in [6, 6.07) is 7.95. The largest absolute Gasteiger partial charge is 0.421 e. The fraction of sp³-hybridized carbons (Fsp3) is 0.545. The van der Waals surface area contributed by atoms with Crippen LogP contribution in [0.5, 0.6) is 0 Å². The number of hydrogen-bond acceptors (Lipinski definition) is 7. The van der Waals surface area contributed by atoms with Gasteiger partial charge in [0.2, 0.25) is 5.95 Å². The minimum atomic E-state index is -4.74. The molecule has 2 aromatic rings. The molecule has 0 amide bonds. The first-order valence-corrected chi connectivity index (χ1v) is 11.2. The van der Waals surface area contributed by atoms with E-state index in [0.29, 0.717) is 17.9 Å². The molecule has 0 aliphatic carbocycles. The van der Waals surface area contributed by atoms with E-state index in [1.807, 2.05) is 12.1 Å². The molecule has 3 aliphatic rings. The van der Waals surface area contributed by atoms with Crippen molar-refractivity contribution in [3.8, 4) is 0 Å². The van der Waals surface area contributed by atoms with E-state index in [1.54, 1.807) is 12.1 Å². The van der Waals surface area contributed by atoms with Crippen molar-refractivity contribution in [2.75, 3.05) is 67.6 Å². The molecule has 0 saturated carbocycles. The van der Waals surface area contributed by atoms with Gasteiger partial charge in [0.05, 0.1) is 26.3 Å². The molecule has 5 rings (SSSR count). The predicted octanol–water partition coefficient (Wildman–Crippen LogP) is 3.26. The van der Waals surface area contributed by atoms with Crippen LogP contribution < -0.4 is 15.1 Å². The maximum atomic E-state index is 13.6. The zero-order valence-corrected chi connectivity index (χ0v) is 18.3. The Morgan fingerprint density at radius 2 is 1.56 bits per heavy atom. The average molecular weight is 484 g/mol. The van der Waals surface area contributed by atoms with Crippen LogP contribution in [0.15, 0.2) is 30.5 Å². The number of nitrogens with one attached hydrogen (secondary N) is 1. The van der Waals surface area contributed by atoms with Crippen LogP contribution in [-0.2, 0) is 10.9 Å². The Kier molecular flexibility index (Phi) is 6.19. The zero-order chi connectivity index (χ0) is 23.9. The molecule has 34 heavy (non-hydrogen) atoms. The second kappa shape index (κ2) is 9.14. The minimum Gasteiger partial charge on any atom is -0.379 e. The number of morpholine rings is 1. The van der Waals surface area contributed by atoms with Crippen molar-refractivity contribution in [1.82, 2.24) is 14.9 Å². The molecule has 4 heterocycles. The number of ether oxygens (including phenoxy) is 1. The van der Waals surface area contributed by atoms with Crippen LogP contribution in [0.1, 0.15) is 5.56 Å². The number of rotatable bonds is 5. The molecule has 3 aliphatic heterocycles. The highest BCUT2D eigenvalue weighted by Crippen LogP contribution is 2.37. The third-order valence-corrected chi connectivity index (χ3v) is 6.47. The molecule has 0 bridgehead atoms. The molecule has 1 aromatic heterocycles. The third-order valence-electron chi connectivity index (χ3n) is 6.47. The first kappa shape index (κ1) is 23.0. The van der Waals surface area contributed by atoms with Gasteiger partial charge in [-0.05, 0) is 24.3 Å². The standard InChI is InChI=1S/C22H25F5N6O/c23-18-12-33(13-19(18)24)20-17(22(25,26)27)9-28-21(30-20)29-14-1-3-15(4-2-14)32-10-16(11-32)31-5-7-34-8-6-31/h1-4,9,16,18-19H,5-8,10-13H2,(H,28,29,30)/t18-,19-/m0/s1. The molecule has 1 N–H and O–H groups in total. The van der Waals surface area contributed by atoms with Gasteiger partial charge in [0, 0.05) is 49.8 Å². The van der Waals surface area contributed by atoms with E-state index in [-0.39, 0.29) is 5.95 Å². The number of halogens is 5.